The monoisotopic (exact) mass is 370 g/mol. The smallest absolute Gasteiger partial charge is 0.268 e. The van der Waals surface area contributed by atoms with E-state index in [1.807, 2.05) is 30.3 Å². The number of para-hydroxylation sites is 1. The number of halogens is 1. The number of aromatic nitrogens is 1. The van der Waals surface area contributed by atoms with E-state index in [1.54, 1.807) is 30.4 Å². The molecule has 3 heterocycles. The van der Waals surface area contributed by atoms with Gasteiger partial charge in [0.05, 0.1) is 27.8 Å². The maximum atomic E-state index is 12.9. The van der Waals surface area contributed by atoms with E-state index in [4.69, 9.17) is 16.3 Å². The third-order valence-corrected chi connectivity index (χ3v) is 5.71. The fourth-order valence-electron chi connectivity index (χ4n) is 2.90. The Kier molecular flexibility index (Phi) is 4.19. The highest BCUT2D eigenvalue weighted by molar-refractivity contribution is 7.17. The summed E-state index contributed by atoms with van der Waals surface area (Å²) in [7, 11) is 1.74. The largest absolute Gasteiger partial charge is 0.492 e. The summed E-state index contributed by atoms with van der Waals surface area (Å²) in [5.74, 6) is 0.742. The van der Waals surface area contributed by atoms with Crippen LogP contribution in [0.4, 0.5) is 5.69 Å². The summed E-state index contributed by atoms with van der Waals surface area (Å²) in [5, 5.41) is 0.555. The van der Waals surface area contributed by atoms with Gasteiger partial charge in [-0.05, 0) is 29.8 Å². The van der Waals surface area contributed by atoms with Crippen LogP contribution in [0.3, 0.4) is 0 Å². The normalized spacial score (nSPS) is 12.6. The van der Waals surface area contributed by atoms with Crippen LogP contribution in [0.15, 0.2) is 48.8 Å². The van der Waals surface area contributed by atoms with Crippen LogP contribution in [0.25, 0.3) is 10.4 Å². The van der Waals surface area contributed by atoms with E-state index >= 15 is 0 Å². The number of amides is 1. The van der Waals surface area contributed by atoms with Crippen LogP contribution < -0.4 is 9.64 Å². The fraction of sp³-hybridized carbons (Fsp3) is 0.158. The number of anilines is 1. The van der Waals surface area contributed by atoms with Gasteiger partial charge in [-0.2, -0.15) is 0 Å². The summed E-state index contributed by atoms with van der Waals surface area (Å²) in [6.45, 7) is 0.592. The topological polar surface area (TPSA) is 42.4 Å². The van der Waals surface area contributed by atoms with Crippen molar-refractivity contribution in [2.45, 2.75) is 6.42 Å². The Balaban J connectivity index is 1.73. The van der Waals surface area contributed by atoms with Gasteiger partial charge >= 0.3 is 0 Å². The van der Waals surface area contributed by atoms with Gasteiger partial charge in [0.2, 0.25) is 0 Å². The third-order valence-electron chi connectivity index (χ3n) is 4.19. The number of benzene rings is 1. The average Bonchev–Trinajstić information content (AvgIpc) is 2.98. The number of hydrogen-bond donors (Lipinski definition) is 0. The minimum atomic E-state index is -0.0717. The van der Waals surface area contributed by atoms with E-state index in [0.29, 0.717) is 22.2 Å². The molecule has 1 aliphatic rings. The van der Waals surface area contributed by atoms with Crippen molar-refractivity contribution >= 4 is 34.5 Å². The highest BCUT2D eigenvalue weighted by Crippen LogP contribution is 2.40. The second-order valence-electron chi connectivity index (χ2n) is 5.75. The van der Waals surface area contributed by atoms with Crippen LogP contribution >= 0.6 is 22.9 Å². The molecule has 126 valence electrons. The zero-order chi connectivity index (χ0) is 17.4. The van der Waals surface area contributed by atoms with Crippen molar-refractivity contribution in [1.29, 1.82) is 0 Å². The van der Waals surface area contributed by atoms with Gasteiger partial charge in [-0.3, -0.25) is 9.78 Å². The van der Waals surface area contributed by atoms with E-state index in [9.17, 15) is 4.79 Å². The van der Waals surface area contributed by atoms with Gasteiger partial charge in [0.1, 0.15) is 5.75 Å². The van der Waals surface area contributed by atoms with Gasteiger partial charge in [-0.1, -0.05) is 23.7 Å². The van der Waals surface area contributed by atoms with Crippen LogP contribution in [0.5, 0.6) is 5.75 Å². The molecule has 0 N–H and O–H groups in total. The fourth-order valence-corrected chi connectivity index (χ4v) is 4.36. The molecule has 0 aliphatic carbocycles. The highest BCUT2D eigenvalue weighted by atomic mass is 35.5. The Labute approximate surface area is 154 Å². The standard InChI is InChI=1S/C19H15ClN2O2S/c1-22(15-5-3-2-4-14(15)20)19(23)17-10-12-7-9-24-16-6-8-21-11-13(16)18(12)25-17/h2-6,8,10-11H,7,9H2,1H3. The molecule has 0 fully saturated rings. The maximum absolute atomic E-state index is 12.9. The minimum Gasteiger partial charge on any atom is -0.492 e. The lowest BCUT2D eigenvalue weighted by Gasteiger charge is -2.17. The van der Waals surface area contributed by atoms with Crippen molar-refractivity contribution in [2.24, 2.45) is 0 Å². The Morgan fingerprint density at radius 3 is 3.00 bits per heavy atom. The minimum absolute atomic E-state index is 0.0717. The molecule has 6 heteroatoms. The van der Waals surface area contributed by atoms with E-state index in [0.717, 1.165) is 28.2 Å². The lowest BCUT2D eigenvalue weighted by Crippen LogP contribution is -2.25. The summed E-state index contributed by atoms with van der Waals surface area (Å²) in [6.07, 6.45) is 4.28. The molecule has 1 amide bonds. The van der Waals surface area contributed by atoms with Gasteiger partial charge in [0, 0.05) is 30.7 Å². The van der Waals surface area contributed by atoms with Crippen molar-refractivity contribution in [3.8, 4) is 16.2 Å². The first-order valence-corrected chi connectivity index (χ1v) is 9.07. The molecule has 1 aliphatic heterocycles. The van der Waals surface area contributed by atoms with Crippen molar-refractivity contribution < 1.29 is 9.53 Å². The van der Waals surface area contributed by atoms with E-state index in [-0.39, 0.29) is 5.91 Å². The van der Waals surface area contributed by atoms with Crippen LogP contribution in [-0.2, 0) is 6.42 Å². The molecular formula is C19H15ClN2O2S. The number of nitrogens with zero attached hydrogens (tertiary/aromatic N) is 2. The Morgan fingerprint density at radius 2 is 2.16 bits per heavy atom. The third kappa shape index (κ3) is 2.90. The number of fused-ring (bicyclic) bond motifs is 3. The number of rotatable bonds is 2. The number of ether oxygens (including phenoxy) is 1. The summed E-state index contributed by atoms with van der Waals surface area (Å²) in [4.78, 5) is 20.5. The van der Waals surface area contributed by atoms with Gasteiger partial charge in [0.15, 0.2) is 0 Å². The molecule has 0 bridgehead atoms. The van der Waals surface area contributed by atoms with E-state index in [1.165, 1.54) is 11.3 Å². The van der Waals surface area contributed by atoms with Crippen molar-refractivity contribution in [1.82, 2.24) is 4.98 Å². The van der Waals surface area contributed by atoms with Gasteiger partial charge in [-0.25, -0.2) is 0 Å². The molecule has 4 rings (SSSR count). The molecule has 0 saturated carbocycles. The van der Waals surface area contributed by atoms with Gasteiger partial charge in [-0.15, -0.1) is 11.3 Å². The van der Waals surface area contributed by atoms with Crippen LogP contribution in [-0.4, -0.2) is 24.5 Å². The maximum Gasteiger partial charge on any atom is 0.268 e. The van der Waals surface area contributed by atoms with Crippen molar-refractivity contribution in [2.75, 3.05) is 18.6 Å². The highest BCUT2D eigenvalue weighted by Gasteiger charge is 2.23. The predicted octanol–water partition coefficient (Wildman–Crippen LogP) is 4.68. The predicted molar refractivity (Wildman–Crippen MR) is 101 cm³/mol. The quantitative estimate of drug-likeness (QED) is 0.658. The molecule has 3 aromatic rings. The van der Waals surface area contributed by atoms with Crippen LogP contribution in [0, 0.1) is 0 Å². The number of thiophene rings is 1. The second kappa shape index (κ2) is 6.50. The molecule has 0 saturated heterocycles. The van der Waals surface area contributed by atoms with Gasteiger partial charge < -0.3 is 9.64 Å². The zero-order valence-corrected chi connectivity index (χ0v) is 15.1. The summed E-state index contributed by atoms with van der Waals surface area (Å²) >= 11 is 7.70. The molecule has 25 heavy (non-hydrogen) atoms. The lowest BCUT2D eigenvalue weighted by atomic mass is 10.1. The Bertz CT molecular complexity index is 954. The van der Waals surface area contributed by atoms with Crippen LogP contribution in [0.2, 0.25) is 5.02 Å². The summed E-state index contributed by atoms with van der Waals surface area (Å²) < 4.78 is 5.78. The first kappa shape index (κ1) is 16.1. The number of carbonyl (C=O) groups is 1. The van der Waals surface area contributed by atoms with Crippen molar-refractivity contribution in [3.63, 3.8) is 0 Å². The van der Waals surface area contributed by atoms with E-state index in [2.05, 4.69) is 4.98 Å². The number of hydrogen-bond acceptors (Lipinski definition) is 4. The second-order valence-corrected chi connectivity index (χ2v) is 7.21. The first-order chi connectivity index (χ1) is 12.1. The molecule has 0 atom stereocenters. The lowest BCUT2D eigenvalue weighted by molar-refractivity contribution is 0.0997. The number of pyridine rings is 1. The first-order valence-electron chi connectivity index (χ1n) is 7.87. The van der Waals surface area contributed by atoms with Gasteiger partial charge in [0.25, 0.3) is 5.91 Å². The van der Waals surface area contributed by atoms with Crippen molar-refractivity contribution in [3.05, 3.63) is 64.3 Å². The molecule has 4 nitrogen and oxygen atoms in total. The Hall–Kier alpha value is -2.37. The Morgan fingerprint density at radius 1 is 1.32 bits per heavy atom. The molecule has 1 aromatic carbocycles. The summed E-state index contributed by atoms with van der Waals surface area (Å²) in [5.41, 5.74) is 2.76. The molecule has 2 aromatic heterocycles. The van der Waals surface area contributed by atoms with Crippen LogP contribution in [0.1, 0.15) is 15.2 Å². The molecule has 0 spiro atoms. The SMILES string of the molecule is CN(C(=O)c1cc2c(s1)-c1cnccc1OCC2)c1ccccc1Cl. The van der Waals surface area contributed by atoms with E-state index < -0.39 is 0 Å². The number of carbonyl (C=O) groups excluding carboxylic acids is 1. The molecule has 0 radical (unpaired) electrons. The average molecular weight is 371 g/mol. The molecule has 0 unspecified atom stereocenters. The molecular weight excluding hydrogens is 356 g/mol. The zero-order valence-electron chi connectivity index (χ0n) is 13.5. The summed E-state index contributed by atoms with van der Waals surface area (Å²) in [6, 6.07) is 11.2.